The van der Waals surface area contributed by atoms with Crippen molar-refractivity contribution in [3.63, 3.8) is 0 Å². The summed E-state index contributed by atoms with van der Waals surface area (Å²) in [6, 6.07) is 7.74. The molecule has 0 aliphatic carbocycles. The van der Waals surface area contributed by atoms with Crippen molar-refractivity contribution in [2.75, 3.05) is 6.54 Å². The van der Waals surface area contributed by atoms with Gasteiger partial charge in [-0.1, -0.05) is 12.1 Å². The van der Waals surface area contributed by atoms with E-state index in [1.807, 2.05) is 35.0 Å². The van der Waals surface area contributed by atoms with Crippen molar-refractivity contribution >= 4 is 0 Å². The van der Waals surface area contributed by atoms with Gasteiger partial charge in [-0.3, -0.25) is 0 Å². The van der Waals surface area contributed by atoms with Crippen LogP contribution in [0, 0.1) is 0 Å². The summed E-state index contributed by atoms with van der Waals surface area (Å²) in [5.74, 6) is 0. The average molecular weight is 217 g/mol. The van der Waals surface area contributed by atoms with Gasteiger partial charge < -0.3 is 15.4 Å². The molecular formula is C12H15N3O. The lowest BCUT2D eigenvalue weighted by Crippen LogP contribution is -2.07. The van der Waals surface area contributed by atoms with Crippen molar-refractivity contribution in [3.8, 4) is 5.69 Å². The van der Waals surface area contributed by atoms with Crippen molar-refractivity contribution in [3.05, 3.63) is 48.0 Å². The number of aliphatic hydroxyl groups excluding tert-OH is 1. The lowest BCUT2D eigenvalue weighted by atomic mass is 10.2. The third-order valence-electron chi connectivity index (χ3n) is 2.51. The molecule has 1 aromatic carbocycles. The van der Waals surface area contributed by atoms with Crippen LogP contribution < -0.4 is 5.73 Å². The Hall–Kier alpha value is -1.65. The monoisotopic (exact) mass is 217 g/mol. The van der Waals surface area contributed by atoms with Crippen molar-refractivity contribution < 1.29 is 5.11 Å². The highest BCUT2D eigenvalue weighted by Gasteiger charge is 2.03. The third-order valence-corrected chi connectivity index (χ3v) is 2.51. The first-order chi connectivity index (χ1) is 7.85. The number of hydrogen-bond acceptors (Lipinski definition) is 3. The predicted molar refractivity (Wildman–Crippen MR) is 62.2 cm³/mol. The quantitative estimate of drug-likeness (QED) is 0.798. The maximum absolute atomic E-state index is 8.96. The summed E-state index contributed by atoms with van der Waals surface area (Å²) in [5, 5.41) is 8.96. The van der Waals surface area contributed by atoms with Crippen LogP contribution in [0.3, 0.4) is 0 Å². The van der Waals surface area contributed by atoms with Crippen LogP contribution in [0.4, 0.5) is 0 Å². The fourth-order valence-corrected chi connectivity index (χ4v) is 1.65. The molecule has 2 rings (SSSR count). The van der Waals surface area contributed by atoms with Crippen LogP contribution in [-0.4, -0.2) is 21.2 Å². The molecule has 0 saturated heterocycles. The third kappa shape index (κ3) is 2.13. The smallest absolute Gasteiger partial charge is 0.0994 e. The predicted octanol–water partition coefficient (Wildman–Crippen LogP) is 0.866. The molecule has 0 unspecified atom stereocenters. The van der Waals surface area contributed by atoms with Crippen molar-refractivity contribution in [2.45, 2.75) is 13.0 Å². The second kappa shape index (κ2) is 4.92. The van der Waals surface area contributed by atoms with Crippen LogP contribution >= 0.6 is 0 Å². The van der Waals surface area contributed by atoms with Gasteiger partial charge in [-0.25, -0.2) is 4.98 Å². The molecule has 0 saturated carbocycles. The van der Waals surface area contributed by atoms with E-state index in [9.17, 15) is 0 Å². The standard InChI is InChI=1S/C12H15N3O/c13-6-5-12-7-14-9-15(12)11-3-1-10(8-16)2-4-11/h1-4,7,9,16H,5-6,8,13H2. The van der Waals surface area contributed by atoms with E-state index in [0.717, 1.165) is 23.4 Å². The van der Waals surface area contributed by atoms with Gasteiger partial charge >= 0.3 is 0 Å². The number of aromatic nitrogens is 2. The molecular weight excluding hydrogens is 202 g/mol. The van der Waals surface area contributed by atoms with E-state index in [0.29, 0.717) is 6.54 Å². The van der Waals surface area contributed by atoms with E-state index in [1.54, 1.807) is 6.33 Å². The molecule has 0 radical (unpaired) electrons. The second-order valence-corrected chi connectivity index (χ2v) is 3.62. The Bertz CT molecular complexity index is 448. The van der Waals surface area contributed by atoms with E-state index in [-0.39, 0.29) is 6.61 Å². The first-order valence-electron chi connectivity index (χ1n) is 5.26. The molecule has 0 aliphatic heterocycles. The zero-order chi connectivity index (χ0) is 11.4. The van der Waals surface area contributed by atoms with Gasteiger partial charge in [0.15, 0.2) is 0 Å². The minimum Gasteiger partial charge on any atom is -0.392 e. The maximum atomic E-state index is 8.96. The van der Waals surface area contributed by atoms with Crippen LogP contribution in [0.5, 0.6) is 0 Å². The molecule has 3 N–H and O–H groups in total. The molecule has 16 heavy (non-hydrogen) atoms. The molecule has 1 aromatic heterocycles. The van der Waals surface area contributed by atoms with Crippen LogP contribution in [0.25, 0.3) is 5.69 Å². The molecule has 84 valence electrons. The Balaban J connectivity index is 2.31. The molecule has 0 aliphatic rings. The van der Waals surface area contributed by atoms with Gasteiger partial charge in [0.1, 0.15) is 0 Å². The number of nitrogens with zero attached hydrogens (tertiary/aromatic N) is 2. The maximum Gasteiger partial charge on any atom is 0.0994 e. The summed E-state index contributed by atoms with van der Waals surface area (Å²) in [5.41, 5.74) is 8.58. The largest absolute Gasteiger partial charge is 0.392 e. The van der Waals surface area contributed by atoms with Gasteiger partial charge in [0, 0.05) is 24.0 Å². The van der Waals surface area contributed by atoms with Crippen LogP contribution in [-0.2, 0) is 13.0 Å². The van der Waals surface area contributed by atoms with E-state index < -0.39 is 0 Å². The lowest BCUT2D eigenvalue weighted by molar-refractivity contribution is 0.282. The molecule has 0 bridgehead atoms. The van der Waals surface area contributed by atoms with Gasteiger partial charge in [-0.05, 0) is 24.2 Å². The zero-order valence-corrected chi connectivity index (χ0v) is 9.00. The van der Waals surface area contributed by atoms with Gasteiger partial charge in [0.2, 0.25) is 0 Å². The minimum atomic E-state index is 0.0693. The van der Waals surface area contributed by atoms with E-state index in [4.69, 9.17) is 10.8 Å². The zero-order valence-electron chi connectivity index (χ0n) is 9.00. The summed E-state index contributed by atoms with van der Waals surface area (Å²) in [6.45, 7) is 0.681. The molecule has 0 atom stereocenters. The summed E-state index contributed by atoms with van der Waals surface area (Å²) in [6.07, 6.45) is 4.41. The van der Waals surface area contributed by atoms with E-state index in [1.165, 1.54) is 0 Å². The van der Waals surface area contributed by atoms with Gasteiger partial charge in [0.05, 0.1) is 12.9 Å². The van der Waals surface area contributed by atoms with Crippen LogP contribution in [0.1, 0.15) is 11.3 Å². The van der Waals surface area contributed by atoms with E-state index >= 15 is 0 Å². The molecule has 4 nitrogen and oxygen atoms in total. The fourth-order valence-electron chi connectivity index (χ4n) is 1.65. The number of nitrogens with two attached hydrogens (primary N) is 1. The Kier molecular flexibility index (Phi) is 3.34. The normalized spacial score (nSPS) is 10.6. The minimum absolute atomic E-state index is 0.0693. The average Bonchev–Trinajstić information content (AvgIpc) is 2.78. The summed E-state index contributed by atoms with van der Waals surface area (Å²) in [4.78, 5) is 4.12. The highest BCUT2D eigenvalue weighted by atomic mass is 16.3. The molecule has 0 amide bonds. The molecule has 0 fully saturated rings. The number of benzene rings is 1. The highest BCUT2D eigenvalue weighted by Crippen LogP contribution is 2.12. The summed E-state index contributed by atoms with van der Waals surface area (Å²) < 4.78 is 2.01. The van der Waals surface area contributed by atoms with Crippen LogP contribution in [0.2, 0.25) is 0 Å². The van der Waals surface area contributed by atoms with E-state index in [2.05, 4.69) is 4.98 Å². The number of imidazole rings is 1. The SMILES string of the molecule is NCCc1cncn1-c1ccc(CO)cc1. The second-order valence-electron chi connectivity index (χ2n) is 3.62. The highest BCUT2D eigenvalue weighted by molar-refractivity contribution is 5.36. The summed E-state index contributed by atoms with van der Waals surface area (Å²) in [7, 11) is 0. The first kappa shape index (κ1) is 10.9. The fraction of sp³-hybridized carbons (Fsp3) is 0.250. The number of hydrogen-bond donors (Lipinski definition) is 2. The Labute approximate surface area is 94.4 Å². The van der Waals surface area contributed by atoms with Crippen molar-refractivity contribution in [2.24, 2.45) is 5.73 Å². The van der Waals surface area contributed by atoms with Gasteiger partial charge in [0.25, 0.3) is 0 Å². The Morgan fingerprint density at radius 3 is 2.62 bits per heavy atom. The molecule has 2 aromatic rings. The summed E-state index contributed by atoms with van der Waals surface area (Å²) >= 11 is 0. The number of rotatable bonds is 4. The topological polar surface area (TPSA) is 64.1 Å². The van der Waals surface area contributed by atoms with Gasteiger partial charge in [-0.2, -0.15) is 0 Å². The lowest BCUT2D eigenvalue weighted by Gasteiger charge is -2.07. The molecule has 4 heteroatoms. The Morgan fingerprint density at radius 2 is 2.00 bits per heavy atom. The molecule has 0 spiro atoms. The first-order valence-corrected chi connectivity index (χ1v) is 5.26. The van der Waals surface area contributed by atoms with Crippen molar-refractivity contribution in [1.29, 1.82) is 0 Å². The molecule has 1 heterocycles. The Morgan fingerprint density at radius 1 is 1.25 bits per heavy atom. The van der Waals surface area contributed by atoms with Crippen LogP contribution in [0.15, 0.2) is 36.8 Å². The van der Waals surface area contributed by atoms with Gasteiger partial charge in [-0.15, -0.1) is 0 Å². The van der Waals surface area contributed by atoms with Crippen molar-refractivity contribution in [1.82, 2.24) is 9.55 Å². The number of aliphatic hydroxyl groups is 1.